The van der Waals surface area contributed by atoms with Gasteiger partial charge in [0, 0.05) is 0 Å². The maximum Gasteiger partial charge on any atom is 3.00 e. The first-order valence-corrected chi connectivity index (χ1v) is 1.14. The van der Waals surface area contributed by atoms with Crippen molar-refractivity contribution in [1.82, 2.24) is 0 Å². The van der Waals surface area contributed by atoms with Crippen molar-refractivity contribution < 1.29 is 16.8 Å². The molecular weight excluding hydrogens is 119 g/mol. The predicted molar refractivity (Wildman–Crippen MR) is 25.3 cm³/mol. The van der Waals surface area contributed by atoms with Gasteiger partial charge in [-0.3, -0.25) is 0 Å². The molecule has 0 rings (SSSR count). The summed E-state index contributed by atoms with van der Waals surface area (Å²) < 4.78 is 0. The molecule has 0 saturated carbocycles. The van der Waals surface area contributed by atoms with Crippen LogP contribution in [0.25, 0.3) is 0 Å². The number of hydrogen-bond donors (Lipinski definition) is 0. The summed E-state index contributed by atoms with van der Waals surface area (Å²) in [4.78, 5) is 0. The van der Waals surface area contributed by atoms with E-state index in [2.05, 4.69) is 6.92 Å². The molecule has 0 spiro atoms. The van der Waals surface area contributed by atoms with Crippen LogP contribution in [0.2, 0.25) is 0 Å². The van der Waals surface area contributed by atoms with Crippen LogP contribution in [0.3, 0.4) is 0 Å². The molecule has 0 N–H and O–H groups in total. The largest absolute Gasteiger partial charge is 3.00 e. The second-order valence-corrected chi connectivity index (χ2v) is 0.846. The summed E-state index contributed by atoms with van der Waals surface area (Å²) in [6, 6.07) is 0. The zero-order valence-corrected chi connectivity index (χ0v) is 5.16. The number of hydrogen-bond acceptors (Lipinski definition) is 0. The van der Waals surface area contributed by atoms with Gasteiger partial charge in [0.25, 0.3) is 0 Å². The third-order valence-electron chi connectivity index (χ3n) is 0. The first-order valence-electron chi connectivity index (χ1n) is 1.14. The molecule has 0 bridgehead atoms. The average molecular weight is 128 g/mol. The molecule has 0 aliphatic heterocycles. The van der Waals surface area contributed by atoms with Gasteiger partial charge in [0.2, 0.25) is 0 Å². The summed E-state index contributed by atoms with van der Waals surface area (Å²) >= 11 is 0. The van der Waals surface area contributed by atoms with E-state index in [1.807, 2.05) is 0 Å². The van der Waals surface area contributed by atoms with Crippen LogP contribution in [0.5, 0.6) is 0 Å². The minimum absolute atomic E-state index is 0. The Labute approximate surface area is 50.8 Å². The molecule has 0 aromatic rings. The molecule has 0 aliphatic carbocycles. The summed E-state index contributed by atoms with van der Waals surface area (Å²) in [5.74, 6) is 0. The second kappa shape index (κ2) is 8.93. The van der Waals surface area contributed by atoms with E-state index in [0.717, 1.165) is 0 Å². The topological polar surface area (TPSA) is 0 Å². The van der Waals surface area contributed by atoms with Gasteiger partial charge < -0.3 is 26.5 Å². The van der Waals surface area contributed by atoms with Crippen LogP contribution in [0.4, 0.5) is 0 Å². The fraction of sp³-hybridized carbons (Fsp3) is 0.200. The first kappa shape index (κ1) is 16.5. The molecule has 0 amide bonds. The summed E-state index contributed by atoms with van der Waals surface area (Å²) in [7, 11) is 0. The molecule has 6 heavy (non-hydrogen) atoms. The Morgan fingerprint density at radius 2 is 1.67 bits per heavy atom. The van der Waals surface area contributed by atoms with Gasteiger partial charge in [-0.05, 0) is 0 Å². The molecule has 0 aliphatic rings. The van der Waals surface area contributed by atoms with Crippen LogP contribution < -0.4 is 0 Å². The molecule has 0 saturated heterocycles. The van der Waals surface area contributed by atoms with Crippen LogP contribution in [-0.4, -0.2) is 0 Å². The predicted octanol–water partition coefficient (Wildman–Crippen LogP) is 1.65. The number of rotatable bonds is 0. The monoisotopic (exact) mass is 128 g/mol. The Balaban J connectivity index is -0.0000000450. The van der Waals surface area contributed by atoms with Gasteiger partial charge in [-0.1, -0.05) is 0 Å². The van der Waals surface area contributed by atoms with E-state index in [4.69, 9.17) is 6.58 Å². The molecule has 0 aromatic carbocycles. The van der Waals surface area contributed by atoms with Crippen molar-refractivity contribution in [3.05, 3.63) is 26.5 Å². The van der Waals surface area contributed by atoms with Crippen LogP contribution in [0.15, 0.2) is 5.57 Å². The quantitative estimate of drug-likeness (QED) is 0.435. The molecule has 0 heterocycles. The third kappa shape index (κ3) is 2950. The Kier molecular flexibility index (Phi) is 24.5. The Bertz CT molecular complexity index is 26.9. The molecule has 0 nitrogen and oxygen atoms in total. The molecule has 0 atom stereocenters. The van der Waals surface area contributed by atoms with E-state index in [1.165, 1.54) is 0 Å². The Morgan fingerprint density at radius 1 is 1.67 bits per heavy atom. The molecule has 1 heteroatoms. The van der Waals surface area contributed by atoms with E-state index >= 15 is 0 Å². The standard InChI is InChI=1S/C4H6.CH3.Co/c1-4(2)3;;/h1H,2H2,3H3;1H3;/q-2;-1;+3. The number of allylic oxidation sites excluding steroid dienone is 1. The van der Waals surface area contributed by atoms with Crippen molar-refractivity contribution >= 4 is 0 Å². The summed E-state index contributed by atoms with van der Waals surface area (Å²) in [5, 5.41) is 0. The molecule has 0 radical (unpaired) electrons. The zero-order chi connectivity index (χ0) is 3.58. The normalized spacial score (nSPS) is 4.17. The van der Waals surface area contributed by atoms with Crippen molar-refractivity contribution in [2.45, 2.75) is 6.92 Å². The van der Waals surface area contributed by atoms with Gasteiger partial charge in [-0.2, -0.15) is 0 Å². The zero-order valence-electron chi connectivity index (χ0n) is 4.12. The van der Waals surface area contributed by atoms with Gasteiger partial charge in [-0.15, -0.1) is 6.92 Å². The van der Waals surface area contributed by atoms with E-state index in [-0.39, 0.29) is 24.2 Å². The maximum atomic E-state index is 4.92. The van der Waals surface area contributed by atoms with Crippen molar-refractivity contribution in [1.29, 1.82) is 0 Å². The van der Waals surface area contributed by atoms with Gasteiger partial charge in [0.1, 0.15) is 0 Å². The van der Waals surface area contributed by atoms with E-state index < -0.39 is 0 Å². The first-order chi connectivity index (χ1) is 1.73. The summed E-state index contributed by atoms with van der Waals surface area (Å²) in [5.41, 5.74) is 0.667. The summed E-state index contributed by atoms with van der Waals surface area (Å²) in [6.45, 7) is 10.0. The van der Waals surface area contributed by atoms with Crippen LogP contribution in [-0.2, 0) is 16.8 Å². The van der Waals surface area contributed by atoms with Gasteiger partial charge >= 0.3 is 16.8 Å². The Hall–Kier alpha value is 0.116. The van der Waals surface area contributed by atoms with Gasteiger partial charge in [0.15, 0.2) is 0 Å². The minimum atomic E-state index is 0. The van der Waals surface area contributed by atoms with E-state index in [0.29, 0.717) is 5.57 Å². The molecule has 0 unspecified atom stereocenters. The van der Waals surface area contributed by atoms with Crippen molar-refractivity contribution in [2.75, 3.05) is 0 Å². The fourth-order valence-electron chi connectivity index (χ4n) is 0. The minimum Gasteiger partial charge on any atom is -0.546 e. The van der Waals surface area contributed by atoms with Crippen molar-refractivity contribution in [3.8, 4) is 0 Å². The van der Waals surface area contributed by atoms with Crippen LogP contribution >= 0.6 is 0 Å². The third-order valence-corrected chi connectivity index (χ3v) is 0. The van der Waals surface area contributed by atoms with Crippen LogP contribution in [0.1, 0.15) is 6.92 Å². The van der Waals surface area contributed by atoms with Crippen LogP contribution in [0, 0.1) is 20.9 Å². The maximum absolute atomic E-state index is 4.92. The van der Waals surface area contributed by atoms with Crippen molar-refractivity contribution in [3.63, 3.8) is 0 Å². The smallest absolute Gasteiger partial charge is 0.546 e. The van der Waals surface area contributed by atoms with Gasteiger partial charge in [0.05, 0.1) is 0 Å². The molecule has 38 valence electrons. The van der Waals surface area contributed by atoms with E-state index in [9.17, 15) is 0 Å². The Morgan fingerprint density at radius 3 is 1.67 bits per heavy atom. The summed E-state index contributed by atoms with van der Waals surface area (Å²) in [6.07, 6.45) is 0. The average Bonchev–Trinajstić information content (AvgIpc) is 0.811. The van der Waals surface area contributed by atoms with E-state index in [1.54, 1.807) is 6.92 Å². The SMILES string of the molecule is [CH-]=C([CH2-])C.[CH3-].[Co+3]. The van der Waals surface area contributed by atoms with Crippen molar-refractivity contribution in [2.24, 2.45) is 0 Å². The molecular formula is C5H9Co. The molecule has 0 fully saturated rings. The second-order valence-electron chi connectivity index (χ2n) is 0.846. The van der Waals surface area contributed by atoms with Gasteiger partial charge in [-0.25, -0.2) is 0 Å². The fourth-order valence-corrected chi connectivity index (χ4v) is 0. The molecule has 0 aromatic heterocycles.